The van der Waals surface area contributed by atoms with E-state index in [1.807, 2.05) is 16.8 Å². The van der Waals surface area contributed by atoms with E-state index in [1.54, 1.807) is 7.05 Å². The Morgan fingerprint density at radius 2 is 2.00 bits per heavy atom. The predicted molar refractivity (Wildman–Crippen MR) is 84.6 cm³/mol. The first-order valence-electron chi connectivity index (χ1n) is 6.56. The van der Waals surface area contributed by atoms with Gasteiger partial charge in [0.25, 0.3) is 11.6 Å². The van der Waals surface area contributed by atoms with E-state index < -0.39 is 16.8 Å². The Bertz CT molecular complexity index is 742. The number of nitro benzene ring substituents is 1. The first-order valence-corrected chi connectivity index (χ1v) is 7.51. The number of nitro groups is 1. The fourth-order valence-electron chi connectivity index (χ4n) is 2.02. The summed E-state index contributed by atoms with van der Waals surface area (Å²) in [6.07, 6.45) is 0. The third-order valence-electron chi connectivity index (χ3n) is 3.14. The number of rotatable bonds is 5. The average molecular weight is 334 g/mol. The molecule has 1 amide bonds. The smallest absolute Gasteiger partial charge is 0.338 e. The maximum atomic E-state index is 12.5. The Morgan fingerprint density at radius 3 is 2.57 bits per heavy atom. The monoisotopic (exact) mass is 334 g/mol. The molecule has 0 N–H and O–H groups in total. The molecule has 0 radical (unpaired) electrons. The summed E-state index contributed by atoms with van der Waals surface area (Å²) in [5, 5.41) is 14.8. The lowest BCUT2D eigenvalue weighted by Gasteiger charge is -2.16. The second-order valence-corrected chi connectivity index (χ2v) is 5.59. The standard InChI is InChI=1S/C15H14N2O5S/c1-16(8-10-3-4-23-9-10)14(18)11-5-12(15(19)22-2)7-13(6-11)17(20)21/h3-7,9H,8H2,1-2H3. The summed E-state index contributed by atoms with van der Waals surface area (Å²) in [5.74, 6) is -1.15. The van der Waals surface area contributed by atoms with Gasteiger partial charge in [0.05, 0.1) is 17.6 Å². The van der Waals surface area contributed by atoms with Gasteiger partial charge in [0.2, 0.25) is 0 Å². The van der Waals surface area contributed by atoms with Gasteiger partial charge in [-0.05, 0) is 28.5 Å². The van der Waals surface area contributed by atoms with Gasteiger partial charge in [-0.3, -0.25) is 14.9 Å². The molecule has 0 unspecified atom stereocenters. The number of esters is 1. The molecule has 0 saturated carbocycles. The van der Waals surface area contributed by atoms with E-state index in [1.165, 1.54) is 29.4 Å². The van der Waals surface area contributed by atoms with E-state index in [0.29, 0.717) is 6.54 Å². The summed E-state index contributed by atoms with van der Waals surface area (Å²) in [6.45, 7) is 0.374. The summed E-state index contributed by atoms with van der Waals surface area (Å²) in [5.41, 5.74) is 0.663. The summed E-state index contributed by atoms with van der Waals surface area (Å²) in [7, 11) is 2.77. The quantitative estimate of drug-likeness (QED) is 0.476. The van der Waals surface area contributed by atoms with Crippen LogP contribution in [0.25, 0.3) is 0 Å². The van der Waals surface area contributed by atoms with E-state index in [0.717, 1.165) is 17.7 Å². The molecule has 2 rings (SSSR count). The Hall–Kier alpha value is -2.74. The first kappa shape index (κ1) is 16.6. The Morgan fingerprint density at radius 1 is 1.30 bits per heavy atom. The second-order valence-electron chi connectivity index (χ2n) is 4.81. The summed E-state index contributed by atoms with van der Waals surface area (Å²) in [6, 6.07) is 5.42. The molecule has 0 aliphatic rings. The van der Waals surface area contributed by atoms with Crippen molar-refractivity contribution in [3.05, 3.63) is 61.8 Å². The number of hydrogen-bond donors (Lipinski definition) is 0. The average Bonchev–Trinajstić information content (AvgIpc) is 3.05. The maximum absolute atomic E-state index is 12.5. The summed E-state index contributed by atoms with van der Waals surface area (Å²) >= 11 is 1.52. The number of hydrogen-bond acceptors (Lipinski definition) is 6. The number of benzene rings is 1. The van der Waals surface area contributed by atoms with E-state index in [-0.39, 0.29) is 16.8 Å². The van der Waals surface area contributed by atoms with Crippen molar-refractivity contribution in [3.8, 4) is 0 Å². The van der Waals surface area contributed by atoms with Gasteiger partial charge in [0, 0.05) is 31.3 Å². The van der Waals surface area contributed by atoms with Gasteiger partial charge >= 0.3 is 5.97 Å². The number of ether oxygens (including phenoxy) is 1. The lowest BCUT2D eigenvalue weighted by molar-refractivity contribution is -0.384. The molecule has 1 aromatic heterocycles. The predicted octanol–water partition coefficient (Wildman–Crippen LogP) is 2.72. The molecule has 0 aliphatic heterocycles. The Labute approximate surface area is 136 Å². The summed E-state index contributed by atoms with van der Waals surface area (Å²) in [4.78, 5) is 35.9. The van der Waals surface area contributed by atoms with Gasteiger partial charge in [-0.15, -0.1) is 0 Å². The largest absolute Gasteiger partial charge is 0.465 e. The number of methoxy groups -OCH3 is 1. The van der Waals surface area contributed by atoms with Crippen LogP contribution in [0, 0.1) is 10.1 Å². The fourth-order valence-corrected chi connectivity index (χ4v) is 2.68. The molecular weight excluding hydrogens is 320 g/mol. The Kier molecular flexibility index (Phi) is 5.07. The normalized spacial score (nSPS) is 10.2. The van der Waals surface area contributed by atoms with Crippen LogP contribution < -0.4 is 0 Å². The van der Waals surface area contributed by atoms with Crippen molar-refractivity contribution in [2.24, 2.45) is 0 Å². The molecule has 2 aromatic rings. The van der Waals surface area contributed by atoms with Gasteiger partial charge in [-0.25, -0.2) is 4.79 Å². The van der Waals surface area contributed by atoms with Gasteiger partial charge in [0.15, 0.2) is 0 Å². The highest BCUT2D eigenvalue weighted by atomic mass is 32.1. The van der Waals surface area contributed by atoms with Gasteiger partial charge in [-0.2, -0.15) is 11.3 Å². The fraction of sp³-hybridized carbons (Fsp3) is 0.200. The molecule has 1 heterocycles. The molecule has 0 atom stereocenters. The van der Waals surface area contributed by atoms with Crippen LogP contribution >= 0.6 is 11.3 Å². The minimum absolute atomic E-state index is 0.0333. The van der Waals surface area contributed by atoms with Crippen molar-refractivity contribution in [2.75, 3.05) is 14.2 Å². The van der Waals surface area contributed by atoms with Gasteiger partial charge in [-0.1, -0.05) is 0 Å². The zero-order valence-corrected chi connectivity index (χ0v) is 13.3. The SMILES string of the molecule is COC(=O)c1cc(C(=O)N(C)Cc2ccsc2)cc([N+](=O)[O-])c1. The molecular formula is C15H14N2O5S. The molecule has 1 aromatic carbocycles. The minimum Gasteiger partial charge on any atom is -0.465 e. The van der Waals surface area contributed by atoms with Gasteiger partial charge in [0.1, 0.15) is 0 Å². The highest BCUT2D eigenvalue weighted by Gasteiger charge is 2.20. The number of carbonyl (C=O) groups excluding carboxylic acids is 2. The molecule has 0 fully saturated rings. The summed E-state index contributed by atoms with van der Waals surface area (Å²) < 4.78 is 4.57. The van der Waals surface area contributed by atoms with E-state index in [4.69, 9.17) is 0 Å². The van der Waals surface area contributed by atoms with E-state index in [9.17, 15) is 19.7 Å². The first-order chi connectivity index (χ1) is 10.9. The molecule has 120 valence electrons. The van der Waals surface area contributed by atoms with Crippen molar-refractivity contribution in [2.45, 2.75) is 6.54 Å². The van der Waals surface area contributed by atoms with Crippen molar-refractivity contribution in [1.82, 2.24) is 4.90 Å². The number of non-ortho nitro benzene ring substituents is 1. The van der Waals surface area contributed by atoms with Crippen molar-refractivity contribution in [3.63, 3.8) is 0 Å². The third kappa shape index (κ3) is 3.92. The number of thiophene rings is 1. The van der Waals surface area contributed by atoms with Crippen molar-refractivity contribution < 1.29 is 19.2 Å². The number of amides is 1. The number of nitrogens with zero attached hydrogens (tertiary/aromatic N) is 2. The topological polar surface area (TPSA) is 89.8 Å². The zero-order valence-electron chi connectivity index (χ0n) is 12.5. The lowest BCUT2D eigenvalue weighted by Crippen LogP contribution is -2.26. The molecule has 0 saturated heterocycles. The maximum Gasteiger partial charge on any atom is 0.338 e. The van der Waals surface area contributed by atoms with Crippen LogP contribution in [-0.4, -0.2) is 35.9 Å². The Balaban J connectivity index is 2.32. The highest BCUT2D eigenvalue weighted by Crippen LogP contribution is 2.20. The molecule has 0 aliphatic carbocycles. The molecule has 0 spiro atoms. The van der Waals surface area contributed by atoms with Crippen molar-refractivity contribution in [1.29, 1.82) is 0 Å². The van der Waals surface area contributed by atoms with Crippen LogP contribution in [0.15, 0.2) is 35.0 Å². The second kappa shape index (κ2) is 7.01. The van der Waals surface area contributed by atoms with Crippen LogP contribution in [0.3, 0.4) is 0 Å². The highest BCUT2D eigenvalue weighted by molar-refractivity contribution is 7.07. The number of carbonyl (C=O) groups is 2. The van der Waals surface area contributed by atoms with Gasteiger partial charge < -0.3 is 9.64 Å². The minimum atomic E-state index is -0.733. The van der Waals surface area contributed by atoms with Crippen LogP contribution in [0.1, 0.15) is 26.3 Å². The van der Waals surface area contributed by atoms with Crippen LogP contribution in [0.2, 0.25) is 0 Å². The molecule has 23 heavy (non-hydrogen) atoms. The third-order valence-corrected chi connectivity index (χ3v) is 3.88. The van der Waals surface area contributed by atoms with Crippen LogP contribution in [0.5, 0.6) is 0 Å². The molecule has 7 nitrogen and oxygen atoms in total. The lowest BCUT2D eigenvalue weighted by atomic mass is 10.1. The van der Waals surface area contributed by atoms with E-state index in [2.05, 4.69) is 4.74 Å². The van der Waals surface area contributed by atoms with Crippen LogP contribution in [0.4, 0.5) is 5.69 Å². The van der Waals surface area contributed by atoms with Crippen LogP contribution in [-0.2, 0) is 11.3 Å². The molecule has 8 heteroatoms. The molecule has 0 bridgehead atoms. The van der Waals surface area contributed by atoms with Crippen molar-refractivity contribution >= 4 is 28.9 Å². The zero-order chi connectivity index (χ0) is 17.0. The van der Waals surface area contributed by atoms with E-state index >= 15 is 0 Å².